The first-order chi connectivity index (χ1) is 17.5. The van der Waals surface area contributed by atoms with Crippen molar-refractivity contribution in [2.24, 2.45) is 0 Å². The lowest BCUT2D eigenvalue weighted by atomic mass is 10.1. The molecule has 0 aromatic carbocycles. The van der Waals surface area contributed by atoms with Crippen molar-refractivity contribution < 1.29 is 14.2 Å². The number of nitrogens with one attached hydrogen (secondary N) is 1. The van der Waals surface area contributed by atoms with Crippen molar-refractivity contribution in [3.8, 4) is 0 Å². The Morgan fingerprint density at radius 2 is 2.08 bits per heavy atom. The second kappa shape index (κ2) is 11.2. The monoisotopic (exact) mass is 515 g/mol. The normalized spacial score (nSPS) is 22.9. The third-order valence-electron chi connectivity index (χ3n) is 6.67. The Labute approximate surface area is 216 Å². The fourth-order valence-electron chi connectivity index (χ4n) is 4.84. The van der Waals surface area contributed by atoms with Crippen LogP contribution >= 0.6 is 11.6 Å². The number of methoxy groups -OCH3 is 1. The molecule has 3 aromatic heterocycles. The van der Waals surface area contributed by atoms with Gasteiger partial charge in [-0.25, -0.2) is 15.0 Å². The number of hydrogen-bond acceptors (Lipinski definition) is 9. The molecule has 1 N–H and O–H groups in total. The van der Waals surface area contributed by atoms with Crippen LogP contribution in [0.2, 0.25) is 0 Å². The Morgan fingerprint density at radius 1 is 1.19 bits per heavy atom. The highest BCUT2D eigenvalue weighted by molar-refractivity contribution is 6.21. The summed E-state index contributed by atoms with van der Waals surface area (Å²) in [6.07, 6.45) is 7.41. The highest BCUT2D eigenvalue weighted by atomic mass is 35.5. The van der Waals surface area contributed by atoms with E-state index >= 15 is 0 Å². The molecular weight excluding hydrogens is 482 g/mol. The van der Waals surface area contributed by atoms with Crippen LogP contribution in [-0.2, 0) is 20.8 Å². The van der Waals surface area contributed by atoms with Gasteiger partial charge in [0.1, 0.15) is 29.6 Å². The van der Waals surface area contributed by atoms with Gasteiger partial charge in [-0.2, -0.15) is 4.98 Å². The molecule has 11 heteroatoms. The number of nitrogens with zero attached hydrogens (tertiary/aromatic N) is 6. The van der Waals surface area contributed by atoms with E-state index in [2.05, 4.69) is 38.6 Å². The number of aromatic nitrogens is 5. The average molecular weight is 516 g/mol. The number of pyridine rings is 1. The molecule has 10 nitrogen and oxygen atoms in total. The molecule has 5 heterocycles. The van der Waals surface area contributed by atoms with E-state index < -0.39 is 0 Å². The summed E-state index contributed by atoms with van der Waals surface area (Å²) in [6, 6.07) is 4.04. The molecule has 0 aliphatic carbocycles. The summed E-state index contributed by atoms with van der Waals surface area (Å²) in [5.74, 6) is 2.86. The largest absolute Gasteiger partial charge is 0.380 e. The fourth-order valence-corrected chi connectivity index (χ4v) is 5.23. The minimum absolute atomic E-state index is 0.0523. The lowest BCUT2D eigenvalue weighted by Gasteiger charge is -2.34. The number of rotatable bonds is 8. The molecule has 2 aliphatic heterocycles. The van der Waals surface area contributed by atoms with Gasteiger partial charge in [0.25, 0.3) is 0 Å². The lowest BCUT2D eigenvalue weighted by Crippen LogP contribution is -2.45. The van der Waals surface area contributed by atoms with Gasteiger partial charge in [0, 0.05) is 45.1 Å². The van der Waals surface area contributed by atoms with E-state index in [0.29, 0.717) is 30.7 Å². The van der Waals surface area contributed by atoms with Crippen molar-refractivity contribution in [1.29, 1.82) is 0 Å². The average Bonchev–Trinajstić information content (AvgIpc) is 3.26. The molecule has 0 saturated carbocycles. The van der Waals surface area contributed by atoms with E-state index in [4.69, 9.17) is 35.8 Å². The summed E-state index contributed by atoms with van der Waals surface area (Å²) in [5.41, 5.74) is 1.82. The van der Waals surface area contributed by atoms with Crippen LogP contribution in [0.1, 0.15) is 51.4 Å². The van der Waals surface area contributed by atoms with Crippen LogP contribution in [0.15, 0.2) is 24.5 Å². The zero-order chi connectivity index (χ0) is 25.1. The van der Waals surface area contributed by atoms with Crippen LogP contribution in [0.3, 0.4) is 0 Å². The summed E-state index contributed by atoms with van der Waals surface area (Å²) in [5, 5.41) is 3.22. The molecule has 194 valence electrons. The smallest absolute Gasteiger partial charge is 0.227 e. The Balaban J connectivity index is 1.33. The Morgan fingerprint density at radius 3 is 2.83 bits per heavy atom. The van der Waals surface area contributed by atoms with E-state index in [1.807, 2.05) is 12.1 Å². The van der Waals surface area contributed by atoms with E-state index in [-0.39, 0.29) is 23.8 Å². The second-order valence-electron chi connectivity index (χ2n) is 9.55. The zero-order valence-corrected chi connectivity index (χ0v) is 21.8. The number of imidazole rings is 1. The molecular formula is C25H34ClN7O3. The summed E-state index contributed by atoms with van der Waals surface area (Å²) in [7, 11) is 1.70. The van der Waals surface area contributed by atoms with Crippen LogP contribution in [-0.4, -0.2) is 69.1 Å². The molecule has 3 atom stereocenters. The third kappa shape index (κ3) is 5.56. The first-order valence-corrected chi connectivity index (χ1v) is 13.1. The topological polar surface area (TPSA) is 99.5 Å². The van der Waals surface area contributed by atoms with E-state index in [0.717, 1.165) is 55.7 Å². The van der Waals surface area contributed by atoms with Crippen molar-refractivity contribution in [3.05, 3.63) is 30.4 Å². The minimum Gasteiger partial charge on any atom is -0.380 e. The maximum atomic E-state index is 6.49. The van der Waals surface area contributed by atoms with Crippen LogP contribution in [0.25, 0.3) is 11.0 Å². The van der Waals surface area contributed by atoms with E-state index in [1.165, 1.54) is 0 Å². The van der Waals surface area contributed by atoms with Gasteiger partial charge < -0.3 is 29.0 Å². The number of anilines is 3. The van der Waals surface area contributed by atoms with Gasteiger partial charge in [0.05, 0.1) is 23.2 Å². The van der Waals surface area contributed by atoms with Gasteiger partial charge in [-0.1, -0.05) is 0 Å². The third-order valence-corrected chi connectivity index (χ3v) is 7.09. The summed E-state index contributed by atoms with van der Waals surface area (Å²) >= 11 is 6.49. The van der Waals surface area contributed by atoms with E-state index in [1.54, 1.807) is 19.5 Å². The van der Waals surface area contributed by atoms with Crippen LogP contribution in [0, 0.1) is 0 Å². The van der Waals surface area contributed by atoms with E-state index in [9.17, 15) is 0 Å². The Hall–Kier alpha value is -2.53. The SMILES string of the molecule is CO[C@@H]1CCN(c2nccc(Nc3cc4c(cn3)nc(COC3CCCCO3)n4C(C)C)n2)C[C@@H]1Cl. The predicted octanol–water partition coefficient (Wildman–Crippen LogP) is 4.42. The van der Waals surface area contributed by atoms with Gasteiger partial charge in [-0.05, 0) is 45.6 Å². The molecule has 0 radical (unpaired) electrons. The molecule has 2 aliphatic rings. The maximum Gasteiger partial charge on any atom is 0.227 e. The summed E-state index contributed by atoms with van der Waals surface area (Å²) in [6.45, 7) is 6.87. The fraction of sp³-hybridized carbons (Fsp3) is 0.600. The molecule has 36 heavy (non-hydrogen) atoms. The minimum atomic E-state index is -0.157. The first kappa shape index (κ1) is 25.1. The number of piperidine rings is 1. The molecule has 3 aromatic rings. The molecule has 2 fully saturated rings. The molecule has 0 bridgehead atoms. The lowest BCUT2D eigenvalue weighted by molar-refractivity contribution is -0.170. The molecule has 5 rings (SSSR count). The number of halogens is 1. The molecule has 0 spiro atoms. The molecule has 2 saturated heterocycles. The highest BCUT2D eigenvalue weighted by Crippen LogP contribution is 2.27. The standard InChI is InChI=1S/C25H34ClN7O3/c1-16(2)33-19-12-22(28-13-18(19)29-23(33)15-36-24-6-4-5-11-35-24)30-21-7-9-27-25(31-21)32-10-8-20(34-3)17(26)14-32/h7,9,12-13,16-17,20,24H,4-6,8,10-11,14-15H2,1-3H3,(H,27,28,30,31)/t17-,20+,24?/m0/s1. The van der Waals surface area contributed by atoms with Crippen molar-refractivity contribution in [3.63, 3.8) is 0 Å². The quantitative estimate of drug-likeness (QED) is 0.437. The van der Waals surface area contributed by atoms with Crippen molar-refractivity contribution in [2.45, 2.75) is 70.0 Å². The van der Waals surface area contributed by atoms with Crippen LogP contribution < -0.4 is 10.2 Å². The second-order valence-corrected chi connectivity index (χ2v) is 10.1. The molecule has 0 amide bonds. The van der Waals surface area contributed by atoms with Crippen molar-refractivity contribution in [2.75, 3.05) is 37.0 Å². The summed E-state index contributed by atoms with van der Waals surface area (Å²) < 4.78 is 19.4. The summed E-state index contributed by atoms with van der Waals surface area (Å²) in [4.78, 5) is 20.6. The number of hydrogen-bond donors (Lipinski definition) is 1. The highest BCUT2D eigenvalue weighted by Gasteiger charge is 2.29. The Kier molecular flexibility index (Phi) is 7.85. The van der Waals surface area contributed by atoms with Crippen molar-refractivity contribution >= 4 is 40.2 Å². The van der Waals surface area contributed by atoms with Gasteiger partial charge in [-0.15, -0.1) is 11.6 Å². The number of fused-ring (bicyclic) bond motifs is 1. The maximum absolute atomic E-state index is 6.49. The Bertz CT molecular complexity index is 1170. The van der Waals surface area contributed by atoms with Crippen LogP contribution in [0.4, 0.5) is 17.6 Å². The van der Waals surface area contributed by atoms with Gasteiger partial charge in [0.15, 0.2) is 6.29 Å². The zero-order valence-electron chi connectivity index (χ0n) is 21.1. The van der Waals surface area contributed by atoms with Gasteiger partial charge >= 0.3 is 0 Å². The van der Waals surface area contributed by atoms with Gasteiger partial charge in [0.2, 0.25) is 5.95 Å². The number of ether oxygens (including phenoxy) is 3. The van der Waals surface area contributed by atoms with Crippen LogP contribution in [0.5, 0.6) is 0 Å². The van der Waals surface area contributed by atoms with Gasteiger partial charge in [-0.3, -0.25) is 0 Å². The van der Waals surface area contributed by atoms with Crippen molar-refractivity contribution in [1.82, 2.24) is 24.5 Å². The molecule has 1 unspecified atom stereocenters. The first-order valence-electron chi connectivity index (χ1n) is 12.6. The predicted molar refractivity (Wildman–Crippen MR) is 139 cm³/mol. The number of alkyl halides is 1.